The molecule has 3 rings (SSSR count). The van der Waals surface area contributed by atoms with Gasteiger partial charge < -0.3 is 14.4 Å². The van der Waals surface area contributed by atoms with Gasteiger partial charge in [0, 0.05) is 11.4 Å². The van der Waals surface area contributed by atoms with E-state index in [1.54, 1.807) is 18.4 Å². The Kier molecular flexibility index (Phi) is 7.91. The van der Waals surface area contributed by atoms with Crippen molar-refractivity contribution >= 4 is 23.0 Å². The molecule has 152 valence electrons. The molecule has 0 amide bonds. The van der Waals surface area contributed by atoms with Crippen LogP contribution in [0.15, 0.2) is 66.0 Å². The summed E-state index contributed by atoms with van der Waals surface area (Å²) in [6.07, 6.45) is 2.22. The molecule has 1 aromatic heterocycles. The van der Waals surface area contributed by atoms with Gasteiger partial charge >= 0.3 is 0 Å². The summed E-state index contributed by atoms with van der Waals surface area (Å²) in [6, 6.07) is 20.8. The summed E-state index contributed by atoms with van der Waals surface area (Å²) in [4.78, 5) is 3.61. The highest BCUT2D eigenvalue weighted by Gasteiger charge is 2.08. The van der Waals surface area contributed by atoms with E-state index >= 15 is 0 Å². The van der Waals surface area contributed by atoms with E-state index < -0.39 is 0 Å². The molecule has 0 spiro atoms. The molecular formula is C25H29NO2S. The molecule has 3 nitrogen and oxygen atoms in total. The molecule has 0 saturated heterocycles. The molecule has 2 aromatic carbocycles. The second kappa shape index (κ2) is 10.8. The number of likely N-dealkylation sites (N-methyl/N-ethyl adjacent to an activating group) is 1. The van der Waals surface area contributed by atoms with Crippen molar-refractivity contribution in [3.05, 3.63) is 82.0 Å². The maximum absolute atomic E-state index is 5.94. The summed E-state index contributed by atoms with van der Waals surface area (Å²) >= 11 is 1.75. The summed E-state index contributed by atoms with van der Waals surface area (Å²) in [5.41, 5.74) is 3.54. The van der Waals surface area contributed by atoms with E-state index in [0.29, 0.717) is 6.61 Å². The highest BCUT2D eigenvalue weighted by atomic mass is 32.1. The average molecular weight is 408 g/mol. The molecule has 1 heterocycles. The molecule has 0 aliphatic heterocycles. The van der Waals surface area contributed by atoms with Gasteiger partial charge in [0.1, 0.15) is 18.1 Å². The SMILES string of the molecule is CCN(CC)CCOc1ccc(C(=Cc2ccc(OC)cc2)c2cccs2)cc1. The van der Waals surface area contributed by atoms with Crippen LogP contribution >= 0.6 is 11.3 Å². The van der Waals surface area contributed by atoms with Crippen LogP contribution in [0, 0.1) is 0 Å². The Labute approximate surface area is 178 Å². The smallest absolute Gasteiger partial charge is 0.119 e. The zero-order valence-electron chi connectivity index (χ0n) is 17.4. The molecule has 0 saturated carbocycles. The highest BCUT2D eigenvalue weighted by Crippen LogP contribution is 2.31. The van der Waals surface area contributed by atoms with Crippen molar-refractivity contribution < 1.29 is 9.47 Å². The first-order valence-corrected chi connectivity index (χ1v) is 11.0. The lowest BCUT2D eigenvalue weighted by atomic mass is 10.0. The Morgan fingerprint density at radius 1 is 0.931 bits per heavy atom. The molecule has 29 heavy (non-hydrogen) atoms. The molecule has 0 radical (unpaired) electrons. The van der Waals surface area contributed by atoms with Crippen molar-refractivity contribution in [3.8, 4) is 11.5 Å². The number of rotatable bonds is 10. The van der Waals surface area contributed by atoms with E-state index in [0.717, 1.165) is 36.7 Å². The number of ether oxygens (including phenoxy) is 2. The number of hydrogen-bond donors (Lipinski definition) is 0. The quantitative estimate of drug-likeness (QED) is 0.381. The number of nitrogens with zero attached hydrogens (tertiary/aromatic N) is 1. The van der Waals surface area contributed by atoms with E-state index in [9.17, 15) is 0 Å². The molecule has 0 bridgehead atoms. The van der Waals surface area contributed by atoms with Crippen molar-refractivity contribution in [3.63, 3.8) is 0 Å². The fourth-order valence-electron chi connectivity index (χ4n) is 3.16. The minimum Gasteiger partial charge on any atom is -0.497 e. The molecule has 0 fully saturated rings. The Bertz CT molecular complexity index is 880. The standard InChI is InChI=1S/C25H29NO2S/c1-4-26(5-2)16-17-28-23-14-10-21(11-15-23)24(25-7-6-18-29-25)19-20-8-12-22(27-3)13-9-20/h6-15,18-19H,4-5,16-17H2,1-3H3. The second-order valence-electron chi connectivity index (χ2n) is 6.71. The zero-order valence-corrected chi connectivity index (χ0v) is 18.2. The van der Waals surface area contributed by atoms with Gasteiger partial charge in [0.25, 0.3) is 0 Å². The van der Waals surface area contributed by atoms with Gasteiger partial charge in [-0.25, -0.2) is 0 Å². The van der Waals surface area contributed by atoms with E-state index in [4.69, 9.17) is 9.47 Å². The molecule has 0 aliphatic carbocycles. The third-order valence-corrected chi connectivity index (χ3v) is 5.85. The van der Waals surface area contributed by atoms with Crippen LogP contribution in [0.1, 0.15) is 29.9 Å². The van der Waals surface area contributed by atoms with Crippen LogP contribution in [0.25, 0.3) is 11.6 Å². The van der Waals surface area contributed by atoms with Crippen molar-refractivity contribution in [2.75, 3.05) is 33.4 Å². The summed E-state index contributed by atoms with van der Waals surface area (Å²) in [5, 5.41) is 2.11. The topological polar surface area (TPSA) is 21.7 Å². The van der Waals surface area contributed by atoms with Gasteiger partial charge in [0.05, 0.1) is 7.11 Å². The molecule has 0 N–H and O–H groups in total. The summed E-state index contributed by atoms with van der Waals surface area (Å²) in [6.45, 7) is 8.13. The first kappa shape index (κ1) is 21.2. The molecular weight excluding hydrogens is 378 g/mol. The second-order valence-corrected chi connectivity index (χ2v) is 7.66. The fourth-order valence-corrected chi connectivity index (χ4v) is 3.92. The Balaban J connectivity index is 1.77. The molecule has 4 heteroatoms. The monoisotopic (exact) mass is 407 g/mol. The summed E-state index contributed by atoms with van der Waals surface area (Å²) in [5.74, 6) is 1.78. The summed E-state index contributed by atoms with van der Waals surface area (Å²) < 4.78 is 11.2. The van der Waals surface area contributed by atoms with E-state index in [1.807, 2.05) is 12.1 Å². The lowest BCUT2D eigenvalue weighted by Gasteiger charge is -2.18. The normalized spacial score (nSPS) is 11.7. The highest BCUT2D eigenvalue weighted by molar-refractivity contribution is 7.11. The van der Waals surface area contributed by atoms with E-state index in [1.165, 1.54) is 16.0 Å². The van der Waals surface area contributed by atoms with Crippen molar-refractivity contribution in [2.24, 2.45) is 0 Å². The Hall–Kier alpha value is -2.56. The molecule has 0 unspecified atom stereocenters. The van der Waals surface area contributed by atoms with Gasteiger partial charge in [-0.05, 0) is 71.6 Å². The number of methoxy groups -OCH3 is 1. The van der Waals surface area contributed by atoms with E-state index in [2.05, 4.69) is 78.7 Å². The Morgan fingerprint density at radius 3 is 2.21 bits per heavy atom. The number of hydrogen-bond acceptors (Lipinski definition) is 4. The van der Waals surface area contributed by atoms with Crippen LogP contribution < -0.4 is 9.47 Å². The van der Waals surface area contributed by atoms with Crippen molar-refractivity contribution in [1.82, 2.24) is 4.90 Å². The third-order valence-electron chi connectivity index (χ3n) is 4.95. The van der Waals surface area contributed by atoms with Crippen LogP contribution in [0.4, 0.5) is 0 Å². The maximum Gasteiger partial charge on any atom is 0.119 e. The predicted octanol–water partition coefficient (Wildman–Crippen LogP) is 6.07. The minimum atomic E-state index is 0.709. The summed E-state index contributed by atoms with van der Waals surface area (Å²) in [7, 11) is 1.69. The number of thiophene rings is 1. The van der Waals surface area contributed by atoms with Gasteiger partial charge in [-0.1, -0.05) is 44.2 Å². The van der Waals surface area contributed by atoms with Gasteiger partial charge in [-0.2, -0.15) is 0 Å². The molecule has 0 aliphatic rings. The molecule has 3 aromatic rings. The van der Waals surface area contributed by atoms with Crippen molar-refractivity contribution in [2.45, 2.75) is 13.8 Å². The van der Waals surface area contributed by atoms with Crippen LogP contribution in [-0.2, 0) is 0 Å². The van der Waals surface area contributed by atoms with Crippen LogP contribution in [0.2, 0.25) is 0 Å². The first-order valence-electron chi connectivity index (χ1n) is 10.1. The lowest BCUT2D eigenvalue weighted by molar-refractivity contribution is 0.223. The maximum atomic E-state index is 5.94. The average Bonchev–Trinajstić information content (AvgIpc) is 3.31. The first-order chi connectivity index (χ1) is 14.2. The zero-order chi connectivity index (χ0) is 20.5. The Morgan fingerprint density at radius 2 is 1.62 bits per heavy atom. The van der Waals surface area contributed by atoms with Crippen molar-refractivity contribution in [1.29, 1.82) is 0 Å². The van der Waals surface area contributed by atoms with Gasteiger partial charge in [-0.3, -0.25) is 0 Å². The predicted molar refractivity (Wildman–Crippen MR) is 124 cm³/mol. The minimum absolute atomic E-state index is 0.709. The lowest BCUT2D eigenvalue weighted by Crippen LogP contribution is -2.27. The van der Waals surface area contributed by atoms with Gasteiger partial charge in [0.15, 0.2) is 0 Å². The van der Waals surface area contributed by atoms with Crippen LogP contribution in [-0.4, -0.2) is 38.3 Å². The molecule has 0 atom stereocenters. The number of benzene rings is 2. The van der Waals surface area contributed by atoms with Crippen LogP contribution in [0.5, 0.6) is 11.5 Å². The van der Waals surface area contributed by atoms with Crippen LogP contribution in [0.3, 0.4) is 0 Å². The fraction of sp³-hybridized carbons (Fsp3) is 0.280. The third kappa shape index (κ3) is 5.96. The van der Waals surface area contributed by atoms with Gasteiger partial charge in [0.2, 0.25) is 0 Å². The van der Waals surface area contributed by atoms with E-state index in [-0.39, 0.29) is 0 Å². The largest absolute Gasteiger partial charge is 0.497 e. The van der Waals surface area contributed by atoms with Gasteiger partial charge in [-0.15, -0.1) is 11.3 Å².